The Labute approximate surface area is 90.8 Å². The molecule has 0 spiro atoms. The van der Waals surface area contributed by atoms with Gasteiger partial charge in [-0.15, -0.1) is 0 Å². The van der Waals surface area contributed by atoms with Crippen LogP contribution in [0.3, 0.4) is 0 Å². The van der Waals surface area contributed by atoms with Crippen molar-refractivity contribution in [3.63, 3.8) is 0 Å². The normalized spacial score (nSPS) is 10.8. The molecule has 4 heteroatoms. The van der Waals surface area contributed by atoms with Crippen LogP contribution in [0.2, 0.25) is 0 Å². The fourth-order valence-electron chi connectivity index (χ4n) is 1.49. The summed E-state index contributed by atoms with van der Waals surface area (Å²) >= 11 is 3.52. The second-order valence-electron chi connectivity index (χ2n) is 2.96. The summed E-state index contributed by atoms with van der Waals surface area (Å²) in [5, 5.41) is 5.47. The van der Waals surface area contributed by atoms with Gasteiger partial charge in [0, 0.05) is 6.54 Å². The molecule has 1 heterocycles. The molecule has 2 rings (SSSR count). The summed E-state index contributed by atoms with van der Waals surface area (Å²) in [5.74, 6) is 0.856. The van der Waals surface area contributed by atoms with Gasteiger partial charge in [0.15, 0.2) is 0 Å². The number of hydrogen-bond acceptors (Lipinski definition) is 2. The third-order valence-corrected chi connectivity index (χ3v) is 2.99. The topological polar surface area (TPSA) is 27.1 Å². The number of rotatable bonds is 2. The van der Waals surface area contributed by atoms with Crippen LogP contribution in [-0.2, 0) is 6.54 Å². The number of hydrogen-bond donors (Lipinski definition) is 0. The molecule has 0 saturated heterocycles. The first kappa shape index (κ1) is 9.52. The van der Waals surface area contributed by atoms with Crippen LogP contribution in [0, 0.1) is 0 Å². The Bertz CT molecular complexity index is 464. The number of benzene rings is 1. The lowest BCUT2D eigenvalue weighted by molar-refractivity contribution is 0.419. The van der Waals surface area contributed by atoms with Gasteiger partial charge in [-0.05, 0) is 35.0 Å². The van der Waals surface area contributed by atoms with E-state index in [0.717, 1.165) is 27.8 Å². The highest BCUT2D eigenvalue weighted by Gasteiger charge is 2.11. The third-order valence-electron chi connectivity index (χ3n) is 2.19. The van der Waals surface area contributed by atoms with E-state index in [4.69, 9.17) is 4.74 Å². The quantitative estimate of drug-likeness (QED) is 0.825. The fraction of sp³-hybridized carbons (Fsp3) is 0.300. The van der Waals surface area contributed by atoms with Crippen molar-refractivity contribution >= 4 is 26.8 Å². The molecular weight excluding hydrogens is 244 g/mol. The lowest BCUT2D eigenvalue weighted by Crippen LogP contribution is -1.95. The van der Waals surface area contributed by atoms with Crippen LogP contribution in [0.1, 0.15) is 6.92 Å². The van der Waals surface area contributed by atoms with Gasteiger partial charge in [0.1, 0.15) is 10.4 Å². The zero-order valence-corrected chi connectivity index (χ0v) is 9.71. The first-order valence-electron chi connectivity index (χ1n) is 4.47. The predicted molar refractivity (Wildman–Crippen MR) is 59.7 cm³/mol. The summed E-state index contributed by atoms with van der Waals surface area (Å²) in [5.41, 5.74) is 0.957. The molecule has 0 aliphatic heterocycles. The van der Waals surface area contributed by atoms with Crippen LogP contribution in [0.15, 0.2) is 22.8 Å². The second-order valence-corrected chi connectivity index (χ2v) is 3.71. The summed E-state index contributed by atoms with van der Waals surface area (Å²) in [7, 11) is 1.67. The number of aromatic nitrogens is 2. The molecule has 0 bridgehead atoms. The number of methoxy groups -OCH3 is 1. The third kappa shape index (κ3) is 1.30. The summed E-state index contributed by atoms with van der Waals surface area (Å²) < 4.78 is 8.17. The van der Waals surface area contributed by atoms with Gasteiger partial charge in [0.05, 0.1) is 18.0 Å². The largest absolute Gasteiger partial charge is 0.496 e. The molecule has 2 aromatic rings. The van der Waals surface area contributed by atoms with Crippen LogP contribution in [0.25, 0.3) is 10.9 Å². The highest BCUT2D eigenvalue weighted by atomic mass is 79.9. The Morgan fingerprint density at radius 2 is 2.29 bits per heavy atom. The monoisotopic (exact) mass is 254 g/mol. The van der Waals surface area contributed by atoms with Crippen molar-refractivity contribution in [3.05, 3.63) is 22.8 Å². The average Bonchev–Trinajstić information content (AvgIpc) is 2.55. The number of halogens is 1. The molecular formula is C10H11BrN2O. The van der Waals surface area contributed by atoms with E-state index >= 15 is 0 Å². The van der Waals surface area contributed by atoms with Crippen LogP contribution in [-0.4, -0.2) is 16.9 Å². The second kappa shape index (κ2) is 3.61. The van der Waals surface area contributed by atoms with Gasteiger partial charge < -0.3 is 4.74 Å². The molecule has 74 valence electrons. The average molecular weight is 255 g/mol. The van der Waals surface area contributed by atoms with Crippen molar-refractivity contribution in [1.82, 2.24) is 9.78 Å². The van der Waals surface area contributed by atoms with E-state index in [1.165, 1.54) is 0 Å². The van der Waals surface area contributed by atoms with Crippen molar-refractivity contribution in [2.45, 2.75) is 13.5 Å². The SMILES string of the molecule is CCn1nc2cccc(OC)c2c1Br. The summed E-state index contributed by atoms with van der Waals surface area (Å²) in [6, 6.07) is 5.87. The van der Waals surface area contributed by atoms with E-state index in [9.17, 15) is 0 Å². The van der Waals surface area contributed by atoms with Crippen LogP contribution in [0.5, 0.6) is 5.75 Å². The van der Waals surface area contributed by atoms with E-state index in [-0.39, 0.29) is 0 Å². The van der Waals surface area contributed by atoms with Gasteiger partial charge in [-0.3, -0.25) is 4.68 Å². The van der Waals surface area contributed by atoms with Crippen molar-refractivity contribution in [1.29, 1.82) is 0 Å². The molecule has 0 aliphatic carbocycles. The van der Waals surface area contributed by atoms with E-state index in [2.05, 4.69) is 28.0 Å². The van der Waals surface area contributed by atoms with Gasteiger partial charge >= 0.3 is 0 Å². The summed E-state index contributed by atoms with van der Waals surface area (Å²) in [6.45, 7) is 2.90. The van der Waals surface area contributed by atoms with E-state index in [0.29, 0.717) is 0 Å². The Kier molecular flexibility index (Phi) is 2.46. The maximum atomic E-state index is 5.28. The highest BCUT2D eigenvalue weighted by Crippen LogP contribution is 2.31. The molecule has 14 heavy (non-hydrogen) atoms. The molecule has 0 unspecified atom stereocenters. The van der Waals surface area contributed by atoms with Crippen LogP contribution in [0.4, 0.5) is 0 Å². The Morgan fingerprint density at radius 3 is 2.93 bits per heavy atom. The van der Waals surface area contributed by atoms with Crippen molar-refractivity contribution in [2.24, 2.45) is 0 Å². The molecule has 0 atom stereocenters. The smallest absolute Gasteiger partial charge is 0.131 e. The first-order chi connectivity index (χ1) is 6.77. The number of ether oxygens (including phenoxy) is 1. The minimum absolute atomic E-state index is 0.846. The van der Waals surface area contributed by atoms with Crippen molar-refractivity contribution in [3.8, 4) is 5.75 Å². The zero-order chi connectivity index (χ0) is 10.1. The summed E-state index contributed by atoms with van der Waals surface area (Å²) in [4.78, 5) is 0. The lowest BCUT2D eigenvalue weighted by atomic mass is 10.2. The molecule has 0 fully saturated rings. The highest BCUT2D eigenvalue weighted by molar-refractivity contribution is 9.10. The Balaban J connectivity index is 2.79. The van der Waals surface area contributed by atoms with E-state index in [1.807, 2.05) is 22.9 Å². The fourth-order valence-corrected chi connectivity index (χ4v) is 2.22. The first-order valence-corrected chi connectivity index (χ1v) is 5.26. The molecule has 0 saturated carbocycles. The molecule has 0 amide bonds. The van der Waals surface area contributed by atoms with Crippen molar-refractivity contribution in [2.75, 3.05) is 7.11 Å². The Morgan fingerprint density at radius 1 is 1.50 bits per heavy atom. The Hall–Kier alpha value is -1.03. The van der Waals surface area contributed by atoms with Crippen molar-refractivity contribution < 1.29 is 4.74 Å². The standard InChI is InChI=1S/C10H11BrN2O/c1-3-13-10(11)9-7(12-13)5-4-6-8(9)14-2/h4-6H,3H2,1-2H3. The molecule has 1 aromatic carbocycles. The molecule has 0 aliphatic rings. The number of nitrogens with zero attached hydrogens (tertiary/aromatic N) is 2. The minimum Gasteiger partial charge on any atom is -0.496 e. The van der Waals surface area contributed by atoms with Crippen LogP contribution < -0.4 is 4.74 Å². The molecule has 0 N–H and O–H groups in total. The van der Waals surface area contributed by atoms with E-state index < -0.39 is 0 Å². The van der Waals surface area contributed by atoms with Gasteiger partial charge in [0.2, 0.25) is 0 Å². The maximum absolute atomic E-state index is 5.28. The molecule has 1 aromatic heterocycles. The van der Waals surface area contributed by atoms with Gasteiger partial charge in [-0.2, -0.15) is 5.10 Å². The molecule has 0 radical (unpaired) electrons. The lowest BCUT2D eigenvalue weighted by Gasteiger charge is -2.00. The zero-order valence-electron chi connectivity index (χ0n) is 8.12. The maximum Gasteiger partial charge on any atom is 0.131 e. The van der Waals surface area contributed by atoms with E-state index in [1.54, 1.807) is 7.11 Å². The predicted octanol–water partition coefficient (Wildman–Crippen LogP) is 2.83. The molecule has 3 nitrogen and oxygen atoms in total. The number of fused-ring (bicyclic) bond motifs is 1. The van der Waals surface area contributed by atoms with Gasteiger partial charge in [-0.1, -0.05) is 6.07 Å². The minimum atomic E-state index is 0.846. The van der Waals surface area contributed by atoms with Gasteiger partial charge in [-0.25, -0.2) is 0 Å². The summed E-state index contributed by atoms with van der Waals surface area (Å²) in [6.07, 6.45) is 0. The van der Waals surface area contributed by atoms with Crippen LogP contribution >= 0.6 is 15.9 Å². The van der Waals surface area contributed by atoms with Gasteiger partial charge in [0.25, 0.3) is 0 Å². The number of aryl methyl sites for hydroxylation is 1.